The Morgan fingerprint density at radius 3 is 2.71 bits per heavy atom. The van der Waals surface area contributed by atoms with Crippen LogP contribution in [0.3, 0.4) is 0 Å². The second kappa shape index (κ2) is 5.44. The molecule has 4 heteroatoms. The van der Waals surface area contributed by atoms with Crippen molar-refractivity contribution in [2.24, 2.45) is 11.7 Å². The summed E-state index contributed by atoms with van der Waals surface area (Å²) in [5.41, 5.74) is 5.79. The summed E-state index contributed by atoms with van der Waals surface area (Å²) in [6.07, 6.45) is 1.84. The molecule has 0 aliphatic rings. The Morgan fingerprint density at radius 1 is 1.50 bits per heavy atom. The van der Waals surface area contributed by atoms with Crippen molar-refractivity contribution >= 4 is 11.3 Å². The first-order valence-electron chi connectivity index (χ1n) is 4.99. The zero-order valence-electron chi connectivity index (χ0n) is 9.03. The molecule has 1 aromatic heterocycles. The molecule has 0 saturated carbocycles. The van der Waals surface area contributed by atoms with E-state index in [1.807, 2.05) is 18.5 Å². The summed E-state index contributed by atoms with van der Waals surface area (Å²) in [6, 6.07) is 0.571. The van der Waals surface area contributed by atoms with Crippen molar-refractivity contribution in [2.45, 2.75) is 32.9 Å². The van der Waals surface area contributed by atoms with Gasteiger partial charge in [-0.25, -0.2) is 4.98 Å². The maximum atomic E-state index is 5.79. The Bertz CT molecular complexity index is 246. The third kappa shape index (κ3) is 3.36. The lowest BCUT2D eigenvalue weighted by Crippen LogP contribution is -2.34. The molecule has 3 atom stereocenters. The van der Waals surface area contributed by atoms with Gasteiger partial charge in [-0.2, -0.15) is 0 Å². The van der Waals surface area contributed by atoms with Gasteiger partial charge in [-0.15, -0.1) is 11.3 Å². The number of nitrogens with two attached hydrogens (primary N) is 1. The highest BCUT2D eigenvalue weighted by atomic mass is 32.1. The molecule has 0 bridgehead atoms. The standard InChI is InChI=1S/C10H19N3S/c1-7(8(2)11)6-13-9(3)10-12-4-5-14-10/h4-5,7-9,13H,6,11H2,1-3H3. The fourth-order valence-corrected chi connectivity index (χ4v) is 1.75. The average molecular weight is 213 g/mol. The van der Waals surface area contributed by atoms with E-state index in [0.717, 1.165) is 11.6 Å². The fourth-order valence-electron chi connectivity index (χ4n) is 1.08. The molecule has 0 aliphatic carbocycles. The second-order valence-corrected chi connectivity index (χ2v) is 4.76. The van der Waals surface area contributed by atoms with Gasteiger partial charge in [0.1, 0.15) is 5.01 Å². The molecule has 0 saturated heterocycles. The van der Waals surface area contributed by atoms with Gasteiger partial charge in [-0.3, -0.25) is 0 Å². The van der Waals surface area contributed by atoms with Crippen LogP contribution in [0.4, 0.5) is 0 Å². The van der Waals surface area contributed by atoms with Gasteiger partial charge in [0.05, 0.1) is 6.04 Å². The largest absolute Gasteiger partial charge is 0.328 e. The summed E-state index contributed by atoms with van der Waals surface area (Å²) in [5.74, 6) is 0.498. The van der Waals surface area contributed by atoms with Crippen molar-refractivity contribution in [3.8, 4) is 0 Å². The topological polar surface area (TPSA) is 50.9 Å². The Hall–Kier alpha value is -0.450. The quantitative estimate of drug-likeness (QED) is 0.784. The lowest BCUT2D eigenvalue weighted by molar-refractivity contribution is 0.419. The van der Waals surface area contributed by atoms with E-state index in [9.17, 15) is 0 Å². The first-order chi connectivity index (χ1) is 6.61. The highest BCUT2D eigenvalue weighted by Gasteiger charge is 2.11. The Balaban J connectivity index is 2.32. The molecule has 0 spiro atoms. The van der Waals surface area contributed by atoms with E-state index in [-0.39, 0.29) is 6.04 Å². The maximum Gasteiger partial charge on any atom is 0.109 e. The van der Waals surface area contributed by atoms with Crippen molar-refractivity contribution in [3.05, 3.63) is 16.6 Å². The van der Waals surface area contributed by atoms with Crippen LogP contribution in [-0.4, -0.2) is 17.6 Å². The highest BCUT2D eigenvalue weighted by Crippen LogP contribution is 2.14. The monoisotopic (exact) mass is 213 g/mol. The van der Waals surface area contributed by atoms with Crippen LogP contribution in [0.15, 0.2) is 11.6 Å². The van der Waals surface area contributed by atoms with Crippen LogP contribution in [0, 0.1) is 5.92 Å². The zero-order chi connectivity index (χ0) is 10.6. The molecule has 3 unspecified atom stereocenters. The van der Waals surface area contributed by atoms with Gasteiger partial charge < -0.3 is 11.1 Å². The first kappa shape index (κ1) is 11.6. The normalized spacial score (nSPS) is 17.7. The number of aromatic nitrogens is 1. The third-order valence-electron chi connectivity index (χ3n) is 2.47. The number of rotatable bonds is 5. The second-order valence-electron chi connectivity index (χ2n) is 3.84. The highest BCUT2D eigenvalue weighted by molar-refractivity contribution is 7.09. The van der Waals surface area contributed by atoms with Crippen molar-refractivity contribution in [1.29, 1.82) is 0 Å². The summed E-state index contributed by atoms with van der Waals surface area (Å²) in [7, 11) is 0. The van der Waals surface area contributed by atoms with Crippen LogP contribution in [0.25, 0.3) is 0 Å². The summed E-state index contributed by atoms with van der Waals surface area (Å²) in [6.45, 7) is 7.28. The molecule has 1 heterocycles. The van der Waals surface area contributed by atoms with Crippen molar-refractivity contribution in [2.75, 3.05) is 6.54 Å². The average Bonchev–Trinajstić information content (AvgIpc) is 2.66. The Morgan fingerprint density at radius 2 is 2.21 bits per heavy atom. The van der Waals surface area contributed by atoms with Crippen LogP contribution in [0.1, 0.15) is 31.8 Å². The molecule has 0 amide bonds. The minimum Gasteiger partial charge on any atom is -0.328 e. The molecule has 1 aromatic rings. The van der Waals surface area contributed by atoms with Crippen LogP contribution < -0.4 is 11.1 Å². The van der Waals surface area contributed by atoms with Gasteiger partial charge in [-0.05, 0) is 26.3 Å². The summed E-state index contributed by atoms with van der Waals surface area (Å²) in [4.78, 5) is 4.26. The molecular formula is C10H19N3S. The van der Waals surface area contributed by atoms with E-state index < -0.39 is 0 Å². The Kier molecular flexibility index (Phi) is 4.51. The lowest BCUT2D eigenvalue weighted by Gasteiger charge is -2.18. The fraction of sp³-hybridized carbons (Fsp3) is 0.700. The zero-order valence-corrected chi connectivity index (χ0v) is 9.84. The third-order valence-corrected chi connectivity index (χ3v) is 3.42. The van der Waals surface area contributed by atoms with Crippen LogP contribution in [-0.2, 0) is 0 Å². The molecule has 80 valence electrons. The van der Waals surface area contributed by atoms with E-state index in [2.05, 4.69) is 24.1 Å². The van der Waals surface area contributed by atoms with Crippen LogP contribution in [0.2, 0.25) is 0 Å². The van der Waals surface area contributed by atoms with Gasteiger partial charge in [0.25, 0.3) is 0 Å². The van der Waals surface area contributed by atoms with Crippen LogP contribution in [0.5, 0.6) is 0 Å². The molecule has 0 fully saturated rings. The molecule has 0 aliphatic heterocycles. The Labute approximate surface area is 89.7 Å². The first-order valence-corrected chi connectivity index (χ1v) is 5.87. The van der Waals surface area contributed by atoms with Gasteiger partial charge in [0, 0.05) is 17.6 Å². The SMILES string of the molecule is CC(NCC(C)C(C)N)c1nccs1. The molecule has 3 N–H and O–H groups in total. The molecular weight excluding hydrogens is 194 g/mol. The number of nitrogens with zero attached hydrogens (tertiary/aromatic N) is 1. The van der Waals surface area contributed by atoms with E-state index in [4.69, 9.17) is 5.73 Å². The smallest absolute Gasteiger partial charge is 0.109 e. The van der Waals surface area contributed by atoms with E-state index in [1.54, 1.807) is 11.3 Å². The number of nitrogens with one attached hydrogen (secondary N) is 1. The van der Waals surface area contributed by atoms with Gasteiger partial charge in [0.2, 0.25) is 0 Å². The number of thiazole rings is 1. The molecule has 14 heavy (non-hydrogen) atoms. The summed E-state index contributed by atoms with van der Waals surface area (Å²) < 4.78 is 0. The van der Waals surface area contributed by atoms with Crippen LogP contribution >= 0.6 is 11.3 Å². The maximum absolute atomic E-state index is 5.79. The molecule has 0 aromatic carbocycles. The number of hydrogen-bond acceptors (Lipinski definition) is 4. The predicted octanol–water partition coefficient (Wildman–Crippen LogP) is 1.78. The number of hydrogen-bond donors (Lipinski definition) is 2. The lowest BCUT2D eigenvalue weighted by atomic mass is 10.0. The summed E-state index contributed by atoms with van der Waals surface area (Å²) in [5, 5.41) is 6.58. The minimum atomic E-state index is 0.242. The van der Waals surface area contributed by atoms with Gasteiger partial charge in [0.15, 0.2) is 0 Å². The summed E-state index contributed by atoms with van der Waals surface area (Å²) >= 11 is 1.69. The van der Waals surface area contributed by atoms with E-state index >= 15 is 0 Å². The van der Waals surface area contributed by atoms with Crippen molar-refractivity contribution in [1.82, 2.24) is 10.3 Å². The minimum absolute atomic E-state index is 0.242. The van der Waals surface area contributed by atoms with Gasteiger partial charge >= 0.3 is 0 Å². The molecule has 0 radical (unpaired) electrons. The molecule has 3 nitrogen and oxygen atoms in total. The molecule has 1 rings (SSSR count). The van der Waals surface area contributed by atoms with Gasteiger partial charge in [-0.1, -0.05) is 6.92 Å². The van der Waals surface area contributed by atoms with Crippen molar-refractivity contribution in [3.63, 3.8) is 0 Å². The van der Waals surface area contributed by atoms with E-state index in [1.165, 1.54) is 0 Å². The predicted molar refractivity (Wildman–Crippen MR) is 61.3 cm³/mol. The van der Waals surface area contributed by atoms with E-state index in [0.29, 0.717) is 12.0 Å². The van der Waals surface area contributed by atoms with Crippen molar-refractivity contribution < 1.29 is 0 Å².